The smallest absolute Gasteiger partial charge is 0.335 e. The molecule has 0 saturated heterocycles. The van der Waals surface area contributed by atoms with Crippen molar-refractivity contribution < 1.29 is 23.4 Å². The fourth-order valence-electron chi connectivity index (χ4n) is 1.56. The van der Waals surface area contributed by atoms with Gasteiger partial charge in [0.25, 0.3) is 0 Å². The molecular weight excluding hydrogens is 270 g/mol. The lowest BCUT2D eigenvalue weighted by Gasteiger charge is -2.12. The Kier molecular flexibility index (Phi) is 5.46. The number of carboxylic acid groups (broad SMARTS) is 1. The van der Waals surface area contributed by atoms with Crippen LogP contribution in [0.1, 0.15) is 29.3 Å². The van der Waals surface area contributed by atoms with E-state index in [-0.39, 0.29) is 24.0 Å². The van der Waals surface area contributed by atoms with Crippen LogP contribution in [0, 0.1) is 0 Å². The summed E-state index contributed by atoms with van der Waals surface area (Å²) in [5.74, 6) is -1.27. The van der Waals surface area contributed by atoms with Gasteiger partial charge in [-0.15, -0.1) is 0 Å². The SMILES string of the molecule is CC(CCO)NS(=O)(=O)Cc1ccc(C(=O)O)cc1. The quantitative estimate of drug-likeness (QED) is 0.680. The Labute approximate surface area is 112 Å². The first-order valence-corrected chi connectivity index (χ1v) is 7.42. The number of carbonyl (C=O) groups is 1. The van der Waals surface area contributed by atoms with E-state index in [0.717, 1.165) is 0 Å². The highest BCUT2D eigenvalue weighted by Crippen LogP contribution is 2.08. The highest BCUT2D eigenvalue weighted by molar-refractivity contribution is 7.88. The van der Waals surface area contributed by atoms with E-state index in [1.165, 1.54) is 24.3 Å². The number of aliphatic hydroxyl groups excluding tert-OH is 1. The highest BCUT2D eigenvalue weighted by Gasteiger charge is 2.15. The third kappa shape index (κ3) is 5.37. The maximum atomic E-state index is 11.8. The van der Waals surface area contributed by atoms with Crippen LogP contribution in [0.2, 0.25) is 0 Å². The molecule has 0 aliphatic carbocycles. The molecule has 0 amide bonds. The van der Waals surface area contributed by atoms with E-state index >= 15 is 0 Å². The molecule has 0 aliphatic rings. The molecule has 0 aromatic heterocycles. The first kappa shape index (κ1) is 15.6. The van der Waals surface area contributed by atoms with Crippen LogP contribution < -0.4 is 4.72 Å². The molecule has 0 spiro atoms. The van der Waals surface area contributed by atoms with E-state index in [1.54, 1.807) is 6.92 Å². The molecule has 0 fully saturated rings. The van der Waals surface area contributed by atoms with Gasteiger partial charge in [-0.2, -0.15) is 0 Å². The molecule has 1 atom stereocenters. The Morgan fingerprint density at radius 3 is 2.37 bits per heavy atom. The maximum Gasteiger partial charge on any atom is 0.335 e. The molecule has 0 bridgehead atoms. The third-order valence-electron chi connectivity index (χ3n) is 2.50. The number of aliphatic hydroxyl groups is 1. The first-order valence-electron chi connectivity index (χ1n) is 5.77. The zero-order valence-electron chi connectivity index (χ0n) is 10.5. The molecule has 1 aromatic carbocycles. The molecule has 1 unspecified atom stereocenters. The lowest BCUT2D eigenvalue weighted by Crippen LogP contribution is -2.34. The lowest BCUT2D eigenvalue weighted by atomic mass is 10.1. The minimum absolute atomic E-state index is 0.0863. The topological polar surface area (TPSA) is 104 Å². The summed E-state index contributed by atoms with van der Waals surface area (Å²) >= 11 is 0. The van der Waals surface area contributed by atoms with Gasteiger partial charge >= 0.3 is 5.97 Å². The molecule has 1 rings (SSSR count). The first-order chi connectivity index (χ1) is 8.84. The van der Waals surface area contributed by atoms with Crippen molar-refractivity contribution in [3.63, 3.8) is 0 Å². The second-order valence-corrected chi connectivity index (χ2v) is 6.05. The summed E-state index contributed by atoms with van der Waals surface area (Å²) < 4.78 is 26.0. The Morgan fingerprint density at radius 2 is 1.89 bits per heavy atom. The van der Waals surface area contributed by atoms with Crippen molar-refractivity contribution >= 4 is 16.0 Å². The van der Waals surface area contributed by atoms with Crippen LogP contribution in [-0.4, -0.2) is 37.2 Å². The van der Waals surface area contributed by atoms with E-state index in [9.17, 15) is 13.2 Å². The molecule has 0 aliphatic heterocycles. The van der Waals surface area contributed by atoms with E-state index < -0.39 is 16.0 Å². The number of nitrogens with one attached hydrogen (secondary N) is 1. The second kappa shape index (κ2) is 6.65. The maximum absolute atomic E-state index is 11.8. The number of benzene rings is 1. The average molecular weight is 287 g/mol. The third-order valence-corrected chi connectivity index (χ3v) is 3.98. The minimum Gasteiger partial charge on any atom is -0.478 e. The van der Waals surface area contributed by atoms with Crippen molar-refractivity contribution in [1.29, 1.82) is 0 Å². The van der Waals surface area contributed by atoms with Crippen LogP contribution in [-0.2, 0) is 15.8 Å². The molecule has 1 aromatic rings. The van der Waals surface area contributed by atoms with E-state index in [4.69, 9.17) is 10.2 Å². The standard InChI is InChI=1S/C12H17NO5S/c1-9(6-7-14)13-19(17,18)8-10-2-4-11(5-3-10)12(15)16/h2-5,9,13-14H,6-8H2,1H3,(H,15,16). The van der Waals surface area contributed by atoms with Crippen molar-refractivity contribution in [3.8, 4) is 0 Å². The van der Waals surface area contributed by atoms with Gasteiger partial charge < -0.3 is 10.2 Å². The van der Waals surface area contributed by atoms with Crippen molar-refractivity contribution in [3.05, 3.63) is 35.4 Å². The van der Waals surface area contributed by atoms with Crippen molar-refractivity contribution in [2.75, 3.05) is 6.61 Å². The summed E-state index contributed by atoms with van der Waals surface area (Å²) in [6.45, 7) is 1.58. The zero-order valence-corrected chi connectivity index (χ0v) is 11.4. The second-order valence-electron chi connectivity index (χ2n) is 4.29. The minimum atomic E-state index is -3.50. The number of sulfonamides is 1. The number of hydrogen-bond acceptors (Lipinski definition) is 4. The van der Waals surface area contributed by atoms with Gasteiger partial charge in [0.1, 0.15) is 0 Å². The average Bonchev–Trinajstić information content (AvgIpc) is 2.28. The summed E-state index contributed by atoms with van der Waals surface area (Å²) in [7, 11) is -3.50. The van der Waals surface area contributed by atoms with Gasteiger partial charge in [0.15, 0.2) is 0 Å². The fraction of sp³-hybridized carbons (Fsp3) is 0.417. The van der Waals surface area contributed by atoms with E-state index in [1.807, 2.05) is 0 Å². The number of hydrogen-bond donors (Lipinski definition) is 3. The number of aromatic carboxylic acids is 1. The molecule has 0 heterocycles. The van der Waals surface area contributed by atoms with Gasteiger partial charge in [0, 0.05) is 12.6 Å². The van der Waals surface area contributed by atoms with Crippen molar-refractivity contribution in [2.45, 2.75) is 25.1 Å². The zero-order chi connectivity index (χ0) is 14.5. The molecule has 19 heavy (non-hydrogen) atoms. The predicted molar refractivity (Wildman–Crippen MR) is 70.3 cm³/mol. The van der Waals surface area contributed by atoms with Crippen LogP contribution in [0.4, 0.5) is 0 Å². The normalized spacial score (nSPS) is 13.2. The van der Waals surface area contributed by atoms with E-state index in [0.29, 0.717) is 12.0 Å². The Hall–Kier alpha value is -1.44. The van der Waals surface area contributed by atoms with E-state index in [2.05, 4.69) is 4.72 Å². The number of rotatable bonds is 7. The molecule has 7 heteroatoms. The van der Waals surface area contributed by atoms with Gasteiger partial charge in [-0.05, 0) is 31.0 Å². The molecule has 0 saturated carbocycles. The molecular formula is C12H17NO5S. The monoisotopic (exact) mass is 287 g/mol. The van der Waals surface area contributed by atoms with Crippen LogP contribution in [0.3, 0.4) is 0 Å². The van der Waals surface area contributed by atoms with Crippen LogP contribution in [0.25, 0.3) is 0 Å². The molecule has 106 valence electrons. The van der Waals surface area contributed by atoms with Gasteiger partial charge in [0.05, 0.1) is 11.3 Å². The predicted octanol–water partition coefficient (Wildman–Crippen LogP) is 0.575. The molecule has 3 N–H and O–H groups in total. The molecule has 0 radical (unpaired) electrons. The van der Waals surface area contributed by atoms with Crippen LogP contribution in [0.5, 0.6) is 0 Å². The van der Waals surface area contributed by atoms with Gasteiger partial charge in [0.2, 0.25) is 10.0 Å². The van der Waals surface area contributed by atoms with Crippen LogP contribution in [0.15, 0.2) is 24.3 Å². The summed E-state index contributed by atoms with van der Waals surface area (Å²) in [5, 5.41) is 17.4. The molecule has 6 nitrogen and oxygen atoms in total. The van der Waals surface area contributed by atoms with Crippen molar-refractivity contribution in [1.82, 2.24) is 4.72 Å². The largest absolute Gasteiger partial charge is 0.478 e. The van der Waals surface area contributed by atoms with Crippen molar-refractivity contribution in [2.24, 2.45) is 0 Å². The Morgan fingerprint density at radius 1 is 1.32 bits per heavy atom. The highest BCUT2D eigenvalue weighted by atomic mass is 32.2. The van der Waals surface area contributed by atoms with Gasteiger partial charge in [-0.25, -0.2) is 17.9 Å². The van der Waals surface area contributed by atoms with Crippen LogP contribution >= 0.6 is 0 Å². The summed E-state index contributed by atoms with van der Waals surface area (Å²) in [5.41, 5.74) is 0.622. The van der Waals surface area contributed by atoms with Gasteiger partial charge in [-0.1, -0.05) is 12.1 Å². The summed E-state index contributed by atoms with van der Waals surface area (Å²) in [6.07, 6.45) is 0.344. The Balaban J connectivity index is 2.70. The number of carboxylic acids is 1. The Bertz CT molecular complexity index is 524. The fourth-order valence-corrected chi connectivity index (χ4v) is 3.01. The lowest BCUT2D eigenvalue weighted by molar-refractivity contribution is 0.0697. The summed E-state index contributed by atoms with van der Waals surface area (Å²) in [4.78, 5) is 10.7. The summed E-state index contributed by atoms with van der Waals surface area (Å²) in [6, 6.07) is 5.33. The van der Waals surface area contributed by atoms with Gasteiger partial charge in [-0.3, -0.25) is 0 Å².